The molecule has 1 aliphatic carbocycles. The van der Waals surface area contributed by atoms with Crippen LogP contribution in [-0.4, -0.2) is 61.1 Å². The van der Waals surface area contributed by atoms with Crippen LogP contribution in [0.3, 0.4) is 0 Å². The number of rotatable bonds is 7. The molecule has 4 heteroatoms. The van der Waals surface area contributed by atoms with E-state index < -0.39 is 0 Å². The van der Waals surface area contributed by atoms with Crippen LogP contribution in [0.2, 0.25) is 0 Å². The van der Waals surface area contributed by atoms with Crippen molar-refractivity contribution in [2.24, 2.45) is 5.92 Å². The molecule has 1 aliphatic heterocycles. The van der Waals surface area contributed by atoms with Gasteiger partial charge in [-0.1, -0.05) is 13.8 Å². The second-order valence-electron chi connectivity index (χ2n) is 6.38. The van der Waals surface area contributed by atoms with Crippen molar-refractivity contribution in [1.29, 1.82) is 0 Å². The van der Waals surface area contributed by atoms with Gasteiger partial charge in [0.05, 0.1) is 5.54 Å². The first-order chi connectivity index (χ1) is 9.66. The number of piperazine rings is 1. The van der Waals surface area contributed by atoms with Crippen molar-refractivity contribution in [2.45, 2.75) is 51.5 Å². The second-order valence-corrected chi connectivity index (χ2v) is 6.38. The van der Waals surface area contributed by atoms with Crippen molar-refractivity contribution in [1.82, 2.24) is 9.80 Å². The Morgan fingerprint density at radius 1 is 1.30 bits per heavy atom. The van der Waals surface area contributed by atoms with Crippen molar-refractivity contribution >= 4 is 5.91 Å². The molecule has 1 saturated heterocycles. The van der Waals surface area contributed by atoms with Crippen LogP contribution in [-0.2, 0) is 9.53 Å². The van der Waals surface area contributed by atoms with Gasteiger partial charge in [0.1, 0.15) is 0 Å². The molecule has 1 unspecified atom stereocenters. The summed E-state index contributed by atoms with van der Waals surface area (Å²) in [5, 5.41) is 0. The third kappa shape index (κ3) is 3.34. The number of hydrogen-bond acceptors (Lipinski definition) is 3. The van der Waals surface area contributed by atoms with Gasteiger partial charge in [-0.05, 0) is 38.6 Å². The van der Waals surface area contributed by atoms with E-state index in [0.717, 1.165) is 32.5 Å². The molecule has 1 atom stereocenters. The Bertz CT molecular complexity index is 328. The number of amides is 1. The summed E-state index contributed by atoms with van der Waals surface area (Å²) in [6.07, 6.45) is 5.37. The quantitative estimate of drug-likeness (QED) is 0.717. The standard InChI is InChI=1S/C16H30N2O2/c1-4-9-17-10-11-18(16(13-17)7-8-16)15(19)14(5-2)6-12-20-3/h14H,4-13H2,1-3H3. The highest BCUT2D eigenvalue weighted by Crippen LogP contribution is 2.45. The Labute approximate surface area is 123 Å². The van der Waals surface area contributed by atoms with E-state index in [-0.39, 0.29) is 11.5 Å². The highest BCUT2D eigenvalue weighted by molar-refractivity contribution is 5.80. The molecule has 1 amide bonds. The lowest BCUT2D eigenvalue weighted by atomic mass is 9.98. The summed E-state index contributed by atoms with van der Waals surface area (Å²) >= 11 is 0. The molecule has 116 valence electrons. The average molecular weight is 282 g/mol. The topological polar surface area (TPSA) is 32.8 Å². The van der Waals surface area contributed by atoms with Crippen LogP contribution in [0.5, 0.6) is 0 Å². The Hall–Kier alpha value is -0.610. The zero-order valence-electron chi connectivity index (χ0n) is 13.4. The van der Waals surface area contributed by atoms with Crippen LogP contribution in [0.25, 0.3) is 0 Å². The summed E-state index contributed by atoms with van der Waals surface area (Å²) in [6.45, 7) is 9.26. The van der Waals surface area contributed by atoms with Gasteiger partial charge in [0.25, 0.3) is 0 Å². The van der Waals surface area contributed by atoms with E-state index in [2.05, 4.69) is 23.6 Å². The van der Waals surface area contributed by atoms with Gasteiger partial charge in [0.15, 0.2) is 0 Å². The van der Waals surface area contributed by atoms with Crippen LogP contribution < -0.4 is 0 Å². The first kappa shape index (κ1) is 15.8. The Balaban J connectivity index is 1.96. The fourth-order valence-electron chi connectivity index (χ4n) is 3.47. The lowest BCUT2D eigenvalue weighted by Crippen LogP contribution is -2.58. The van der Waals surface area contributed by atoms with Gasteiger partial charge in [0.2, 0.25) is 5.91 Å². The van der Waals surface area contributed by atoms with E-state index in [4.69, 9.17) is 4.74 Å². The van der Waals surface area contributed by atoms with Gasteiger partial charge < -0.3 is 9.64 Å². The highest BCUT2D eigenvalue weighted by Gasteiger charge is 2.53. The van der Waals surface area contributed by atoms with E-state index in [9.17, 15) is 4.79 Å². The Morgan fingerprint density at radius 2 is 2.05 bits per heavy atom. The molecule has 0 aromatic carbocycles. The summed E-state index contributed by atoms with van der Waals surface area (Å²) in [5.74, 6) is 0.517. The summed E-state index contributed by atoms with van der Waals surface area (Å²) in [4.78, 5) is 17.6. The molecule has 2 aliphatic rings. The van der Waals surface area contributed by atoms with Crippen LogP contribution in [0.4, 0.5) is 0 Å². The number of ether oxygens (including phenoxy) is 1. The SMILES string of the molecule is CCCN1CCN(C(=O)C(CC)CCOC)C2(CC2)C1. The van der Waals surface area contributed by atoms with E-state index in [1.807, 2.05) is 0 Å². The van der Waals surface area contributed by atoms with Crippen molar-refractivity contribution in [3.05, 3.63) is 0 Å². The van der Waals surface area contributed by atoms with Gasteiger partial charge in [0, 0.05) is 39.3 Å². The average Bonchev–Trinajstić information content (AvgIpc) is 3.19. The molecular formula is C16H30N2O2. The molecule has 1 heterocycles. The molecular weight excluding hydrogens is 252 g/mol. The minimum atomic E-state index is 0.144. The molecule has 1 spiro atoms. The highest BCUT2D eigenvalue weighted by atomic mass is 16.5. The largest absolute Gasteiger partial charge is 0.385 e. The smallest absolute Gasteiger partial charge is 0.226 e. The number of hydrogen-bond donors (Lipinski definition) is 0. The maximum Gasteiger partial charge on any atom is 0.226 e. The molecule has 0 radical (unpaired) electrons. The lowest BCUT2D eigenvalue weighted by molar-refractivity contribution is -0.142. The molecule has 0 aromatic heterocycles. The predicted molar refractivity (Wildman–Crippen MR) is 80.7 cm³/mol. The lowest BCUT2D eigenvalue weighted by Gasteiger charge is -2.43. The van der Waals surface area contributed by atoms with Gasteiger partial charge in [-0.15, -0.1) is 0 Å². The van der Waals surface area contributed by atoms with E-state index in [0.29, 0.717) is 12.5 Å². The summed E-state index contributed by atoms with van der Waals surface area (Å²) in [5.41, 5.74) is 0.186. The molecule has 2 fully saturated rings. The molecule has 2 rings (SSSR count). The number of nitrogens with zero attached hydrogens (tertiary/aromatic N) is 2. The van der Waals surface area contributed by atoms with Crippen molar-refractivity contribution in [3.63, 3.8) is 0 Å². The maximum absolute atomic E-state index is 12.8. The zero-order chi connectivity index (χ0) is 14.6. The van der Waals surface area contributed by atoms with Gasteiger partial charge in [-0.3, -0.25) is 9.69 Å². The van der Waals surface area contributed by atoms with Gasteiger partial charge in [-0.25, -0.2) is 0 Å². The van der Waals surface area contributed by atoms with Crippen LogP contribution in [0.1, 0.15) is 46.0 Å². The van der Waals surface area contributed by atoms with Crippen molar-refractivity contribution in [3.8, 4) is 0 Å². The zero-order valence-corrected chi connectivity index (χ0v) is 13.4. The summed E-state index contributed by atoms with van der Waals surface area (Å²) in [7, 11) is 1.71. The molecule has 1 saturated carbocycles. The molecule has 0 N–H and O–H groups in total. The minimum absolute atomic E-state index is 0.144. The second kappa shape index (κ2) is 6.90. The van der Waals surface area contributed by atoms with E-state index in [1.165, 1.54) is 25.8 Å². The molecule has 4 nitrogen and oxygen atoms in total. The normalized spacial score (nSPS) is 23.1. The molecule has 0 bridgehead atoms. The first-order valence-electron chi connectivity index (χ1n) is 8.19. The first-order valence-corrected chi connectivity index (χ1v) is 8.19. The number of carbonyl (C=O) groups is 1. The Kier molecular flexibility index (Phi) is 5.44. The Morgan fingerprint density at radius 3 is 2.60 bits per heavy atom. The maximum atomic E-state index is 12.8. The monoisotopic (exact) mass is 282 g/mol. The third-order valence-corrected chi connectivity index (χ3v) is 4.88. The van der Waals surface area contributed by atoms with E-state index >= 15 is 0 Å². The van der Waals surface area contributed by atoms with Crippen LogP contribution in [0, 0.1) is 5.92 Å². The fourth-order valence-corrected chi connectivity index (χ4v) is 3.47. The fraction of sp³-hybridized carbons (Fsp3) is 0.938. The van der Waals surface area contributed by atoms with Crippen molar-refractivity contribution < 1.29 is 9.53 Å². The van der Waals surface area contributed by atoms with E-state index in [1.54, 1.807) is 7.11 Å². The summed E-state index contributed by atoms with van der Waals surface area (Å²) < 4.78 is 5.15. The van der Waals surface area contributed by atoms with Gasteiger partial charge >= 0.3 is 0 Å². The minimum Gasteiger partial charge on any atom is -0.385 e. The predicted octanol–water partition coefficient (Wildman–Crippen LogP) is 2.14. The third-order valence-electron chi connectivity index (χ3n) is 4.88. The van der Waals surface area contributed by atoms with Crippen molar-refractivity contribution in [2.75, 3.05) is 39.9 Å². The summed E-state index contributed by atoms with van der Waals surface area (Å²) in [6, 6.07) is 0. The van der Waals surface area contributed by atoms with Gasteiger partial charge in [-0.2, -0.15) is 0 Å². The van der Waals surface area contributed by atoms with Crippen LogP contribution in [0.15, 0.2) is 0 Å². The number of methoxy groups -OCH3 is 1. The molecule has 20 heavy (non-hydrogen) atoms. The number of carbonyl (C=O) groups excluding carboxylic acids is 1. The van der Waals surface area contributed by atoms with Crippen LogP contribution >= 0.6 is 0 Å². The molecule has 0 aromatic rings.